The Morgan fingerprint density at radius 3 is 2.87 bits per heavy atom. The third kappa shape index (κ3) is 2.17. The van der Waals surface area contributed by atoms with Gasteiger partial charge < -0.3 is 9.73 Å². The first-order chi connectivity index (χ1) is 10.8. The molecule has 4 aliphatic rings. The molecule has 2 bridgehead atoms. The molecule has 5 heterocycles. The zero-order chi connectivity index (χ0) is 14.7. The number of rotatable bonds is 2. The molecule has 23 heavy (non-hydrogen) atoms. The Balaban J connectivity index is 0.00000135. The number of hydrogen-bond acceptors (Lipinski definition) is 4. The number of aromatic nitrogens is 1. The molecule has 4 fully saturated rings. The largest absolute Gasteiger partial charge is 0.446 e. The lowest BCUT2D eigenvalue weighted by Gasteiger charge is -2.52. The first-order valence-electron chi connectivity index (χ1n) is 8.15. The number of amides is 1. The fraction of sp³-hybridized carbons (Fsp3) is 0.529. The van der Waals surface area contributed by atoms with Gasteiger partial charge >= 0.3 is 0 Å². The van der Waals surface area contributed by atoms with Gasteiger partial charge in [0, 0.05) is 17.1 Å². The minimum atomic E-state index is 0. The van der Waals surface area contributed by atoms with Crippen molar-refractivity contribution >= 4 is 29.4 Å². The monoisotopic (exact) mass is 333 g/mol. The van der Waals surface area contributed by atoms with Crippen molar-refractivity contribution in [3.8, 4) is 0 Å². The van der Waals surface area contributed by atoms with E-state index in [2.05, 4.69) is 15.2 Å². The molecule has 3 aliphatic heterocycles. The highest BCUT2D eigenvalue weighted by Crippen LogP contribution is 2.53. The number of carbonyl (C=O) groups is 1. The maximum absolute atomic E-state index is 12.7. The Labute approximate surface area is 140 Å². The smallest absolute Gasteiger partial charge is 0.253 e. The van der Waals surface area contributed by atoms with E-state index in [-0.39, 0.29) is 23.9 Å². The number of furan rings is 1. The van der Waals surface area contributed by atoms with Crippen molar-refractivity contribution in [1.82, 2.24) is 15.2 Å². The van der Waals surface area contributed by atoms with Gasteiger partial charge in [-0.2, -0.15) is 0 Å². The van der Waals surface area contributed by atoms with Crippen LogP contribution in [0, 0.1) is 5.92 Å². The van der Waals surface area contributed by atoms with Crippen molar-refractivity contribution in [3.63, 3.8) is 0 Å². The Morgan fingerprint density at radius 2 is 2.13 bits per heavy atom. The van der Waals surface area contributed by atoms with Gasteiger partial charge in [0.1, 0.15) is 0 Å². The minimum absolute atomic E-state index is 0. The maximum Gasteiger partial charge on any atom is 0.253 e. The predicted molar refractivity (Wildman–Crippen MR) is 88.8 cm³/mol. The summed E-state index contributed by atoms with van der Waals surface area (Å²) in [7, 11) is 0. The average Bonchev–Trinajstić information content (AvgIpc) is 3.18. The Morgan fingerprint density at radius 1 is 1.35 bits per heavy atom. The maximum atomic E-state index is 12.7. The zero-order valence-electron chi connectivity index (χ0n) is 12.8. The molecule has 6 rings (SSSR count). The van der Waals surface area contributed by atoms with E-state index in [4.69, 9.17) is 4.42 Å². The number of carbonyl (C=O) groups excluding carboxylic acids is 1. The highest BCUT2D eigenvalue weighted by Gasteiger charge is 2.60. The van der Waals surface area contributed by atoms with Crippen molar-refractivity contribution in [1.29, 1.82) is 0 Å². The van der Waals surface area contributed by atoms with Crippen LogP contribution in [0.5, 0.6) is 0 Å². The molecular weight excluding hydrogens is 314 g/mol. The highest BCUT2D eigenvalue weighted by atomic mass is 35.5. The summed E-state index contributed by atoms with van der Waals surface area (Å²) in [5.41, 5.74) is 1.48. The van der Waals surface area contributed by atoms with E-state index < -0.39 is 0 Å². The molecule has 1 atom stereocenters. The molecule has 1 N–H and O–H groups in total. The van der Waals surface area contributed by atoms with E-state index in [1.165, 1.54) is 38.8 Å². The second-order valence-corrected chi connectivity index (χ2v) is 6.92. The molecule has 0 aromatic carbocycles. The minimum Gasteiger partial charge on any atom is -0.446 e. The van der Waals surface area contributed by atoms with Gasteiger partial charge in [0.05, 0.1) is 17.9 Å². The number of fused-ring (bicyclic) bond motifs is 3. The third-order valence-electron chi connectivity index (χ3n) is 5.84. The van der Waals surface area contributed by atoms with Gasteiger partial charge in [-0.05, 0) is 56.8 Å². The summed E-state index contributed by atoms with van der Waals surface area (Å²) in [5.74, 6) is 0.641. The summed E-state index contributed by atoms with van der Waals surface area (Å²) in [5, 5.41) is 4.20. The first-order valence-corrected chi connectivity index (χ1v) is 8.15. The van der Waals surface area contributed by atoms with Crippen LogP contribution in [0.2, 0.25) is 0 Å². The predicted octanol–water partition coefficient (Wildman–Crippen LogP) is 2.61. The summed E-state index contributed by atoms with van der Waals surface area (Å²) in [6, 6.07) is 4.01. The molecule has 2 aromatic rings. The first kappa shape index (κ1) is 15.0. The highest BCUT2D eigenvalue weighted by molar-refractivity contribution is 5.97. The van der Waals surface area contributed by atoms with Crippen LogP contribution in [0.15, 0.2) is 29.0 Å². The molecule has 122 valence electrons. The van der Waals surface area contributed by atoms with Gasteiger partial charge in [0.25, 0.3) is 5.91 Å². The van der Waals surface area contributed by atoms with E-state index in [9.17, 15) is 4.79 Å². The summed E-state index contributed by atoms with van der Waals surface area (Å²) < 4.78 is 5.24. The lowest BCUT2D eigenvalue weighted by Crippen LogP contribution is -2.65. The summed E-state index contributed by atoms with van der Waals surface area (Å²) in [4.78, 5) is 19.5. The van der Waals surface area contributed by atoms with Crippen LogP contribution in [0.3, 0.4) is 0 Å². The summed E-state index contributed by atoms with van der Waals surface area (Å²) >= 11 is 0. The second-order valence-electron chi connectivity index (χ2n) is 6.92. The quantitative estimate of drug-likeness (QED) is 0.917. The van der Waals surface area contributed by atoms with E-state index in [1.54, 1.807) is 12.5 Å². The van der Waals surface area contributed by atoms with Crippen molar-refractivity contribution < 1.29 is 9.21 Å². The number of nitrogens with one attached hydrogen (secondary N) is 1. The lowest BCUT2D eigenvalue weighted by molar-refractivity contribution is -0.00145. The van der Waals surface area contributed by atoms with E-state index in [0.717, 1.165) is 5.39 Å². The SMILES string of the molecule is Cl.O=C(NC1C2CCN(CC2)C12CC2)c1cnc2occc2c1. The van der Waals surface area contributed by atoms with Gasteiger partial charge in [0.15, 0.2) is 0 Å². The number of halogens is 1. The van der Waals surface area contributed by atoms with Crippen LogP contribution in [0.1, 0.15) is 36.0 Å². The van der Waals surface area contributed by atoms with Crippen LogP contribution in [0.4, 0.5) is 0 Å². The number of nitrogens with zero attached hydrogens (tertiary/aromatic N) is 2. The molecule has 1 amide bonds. The topological polar surface area (TPSA) is 58.4 Å². The fourth-order valence-corrected chi connectivity index (χ4v) is 4.53. The Kier molecular flexibility index (Phi) is 3.39. The molecule has 1 unspecified atom stereocenters. The van der Waals surface area contributed by atoms with Crippen LogP contribution in [-0.2, 0) is 0 Å². The summed E-state index contributed by atoms with van der Waals surface area (Å²) in [6.45, 7) is 2.42. The van der Waals surface area contributed by atoms with Gasteiger partial charge in [-0.25, -0.2) is 4.98 Å². The molecule has 0 radical (unpaired) electrons. The van der Waals surface area contributed by atoms with Crippen LogP contribution >= 0.6 is 12.4 Å². The normalized spacial score (nSPS) is 30.2. The van der Waals surface area contributed by atoms with Crippen molar-refractivity contribution in [3.05, 3.63) is 30.2 Å². The average molecular weight is 334 g/mol. The molecular formula is C17H20ClN3O2. The van der Waals surface area contributed by atoms with Gasteiger partial charge in [-0.1, -0.05) is 0 Å². The summed E-state index contributed by atoms with van der Waals surface area (Å²) in [6.07, 6.45) is 8.10. The van der Waals surface area contributed by atoms with Crippen LogP contribution in [0.25, 0.3) is 11.1 Å². The number of hydrogen-bond donors (Lipinski definition) is 1. The van der Waals surface area contributed by atoms with Crippen LogP contribution < -0.4 is 5.32 Å². The molecule has 1 spiro atoms. The molecule has 2 aromatic heterocycles. The standard InChI is InChI=1S/C17H19N3O2.ClH/c21-15(13-9-12-3-8-22-16(12)18-10-13)19-14-11-1-6-20(7-2-11)17(14)4-5-17;/h3,8-11,14H,1-2,4-7H2,(H,19,21);1H. The molecule has 3 saturated heterocycles. The molecule has 6 heteroatoms. The third-order valence-corrected chi connectivity index (χ3v) is 5.84. The van der Waals surface area contributed by atoms with Crippen molar-refractivity contribution in [2.24, 2.45) is 5.92 Å². The van der Waals surface area contributed by atoms with Crippen molar-refractivity contribution in [2.45, 2.75) is 37.3 Å². The van der Waals surface area contributed by atoms with Crippen LogP contribution in [-0.4, -0.2) is 40.5 Å². The van der Waals surface area contributed by atoms with Gasteiger partial charge in [0.2, 0.25) is 5.71 Å². The zero-order valence-corrected chi connectivity index (χ0v) is 13.6. The second kappa shape index (κ2) is 5.21. The lowest BCUT2D eigenvalue weighted by atomic mass is 9.77. The number of piperidine rings is 3. The van der Waals surface area contributed by atoms with Crippen molar-refractivity contribution in [2.75, 3.05) is 13.1 Å². The Bertz CT molecular complexity index is 747. The van der Waals surface area contributed by atoms with E-state index >= 15 is 0 Å². The number of pyridine rings is 1. The van der Waals surface area contributed by atoms with Gasteiger partial charge in [-0.3, -0.25) is 9.69 Å². The molecule has 1 aliphatic carbocycles. The fourth-order valence-electron chi connectivity index (χ4n) is 4.53. The van der Waals surface area contributed by atoms with E-state index in [1.807, 2.05) is 12.1 Å². The molecule has 1 saturated carbocycles. The molecule has 5 nitrogen and oxygen atoms in total. The van der Waals surface area contributed by atoms with Gasteiger partial charge in [-0.15, -0.1) is 12.4 Å². The van der Waals surface area contributed by atoms with E-state index in [0.29, 0.717) is 23.2 Å². The Hall–Kier alpha value is -1.59.